The van der Waals surface area contributed by atoms with Crippen LogP contribution in [0.2, 0.25) is 0 Å². The summed E-state index contributed by atoms with van der Waals surface area (Å²) in [6.45, 7) is 7.48. The maximum atomic E-state index is 11.5. The smallest absolute Gasteiger partial charge is 0.243 e. The van der Waals surface area contributed by atoms with E-state index in [4.69, 9.17) is 0 Å². The van der Waals surface area contributed by atoms with Gasteiger partial charge in [0.15, 0.2) is 5.96 Å². The highest BCUT2D eigenvalue weighted by Crippen LogP contribution is 1.97. The third kappa shape index (κ3) is 10.7. The molecule has 0 radical (unpaired) electrons. The van der Waals surface area contributed by atoms with Crippen LogP contribution in [0, 0.1) is 0 Å². The van der Waals surface area contributed by atoms with Crippen molar-refractivity contribution in [2.75, 3.05) is 45.7 Å². The van der Waals surface area contributed by atoms with Gasteiger partial charge < -0.3 is 15.5 Å². The Balaban J connectivity index is 4.21. The lowest BCUT2D eigenvalue weighted by molar-refractivity contribution is -0.127. The maximum absolute atomic E-state index is 11.5. The minimum atomic E-state index is -0.0104. The first-order valence-corrected chi connectivity index (χ1v) is 8.22. The molecular formula is C14H28N4OS. The Labute approximate surface area is 127 Å². The number of guanidine groups is 1. The molecule has 0 saturated carbocycles. The topological polar surface area (TPSA) is 56.7 Å². The molecule has 0 heterocycles. The fraction of sp³-hybridized carbons (Fsp3) is 0.714. The minimum absolute atomic E-state index is 0.0104. The molecule has 6 heteroatoms. The van der Waals surface area contributed by atoms with Crippen LogP contribution in [-0.4, -0.2) is 62.5 Å². The fourth-order valence-electron chi connectivity index (χ4n) is 1.28. The Kier molecular flexibility index (Phi) is 11.0. The Morgan fingerprint density at radius 1 is 1.30 bits per heavy atom. The van der Waals surface area contributed by atoms with E-state index in [0.29, 0.717) is 12.5 Å². The van der Waals surface area contributed by atoms with Crippen molar-refractivity contribution in [1.29, 1.82) is 0 Å². The van der Waals surface area contributed by atoms with E-state index in [1.54, 1.807) is 19.0 Å². The number of nitrogens with one attached hydrogen (secondary N) is 2. The number of carbonyl (C=O) groups excluding carboxylic acids is 1. The largest absolute Gasteiger partial charge is 0.356 e. The summed E-state index contributed by atoms with van der Waals surface area (Å²) in [7, 11) is 3.46. The van der Waals surface area contributed by atoms with E-state index in [9.17, 15) is 4.79 Å². The molecular weight excluding hydrogens is 272 g/mol. The van der Waals surface area contributed by atoms with E-state index in [1.165, 1.54) is 12.2 Å². The van der Waals surface area contributed by atoms with E-state index in [1.807, 2.05) is 18.7 Å². The fourth-order valence-corrected chi connectivity index (χ4v) is 1.77. The number of carbonyl (C=O) groups is 1. The zero-order valence-electron chi connectivity index (χ0n) is 13.2. The number of rotatable bonds is 9. The summed E-state index contributed by atoms with van der Waals surface area (Å²) in [6.07, 6.45) is 4.39. The molecule has 0 aromatic carbocycles. The SMILES string of the molecule is C=C(C)CNC(=NCC(=O)N(C)C)NCCCCSC. The van der Waals surface area contributed by atoms with Crippen LogP contribution in [-0.2, 0) is 4.79 Å². The Hall–Kier alpha value is -1.17. The van der Waals surface area contributed by atoms with Gasteiger partial charge in [0.1, 0.15) is 6.54 Å². The number of hydrogen-bond donors (Lipinski definition) is 2. The Morgan fingerprint density at radius 2 is 2.00 bits per heavy atom. The van der Waals surface area contributed by atoms with Crippen molar-refractivity contribution in [3.05, 3.63) is 12.2 Å². The standard InChI is InChI=1S/C14H28N4OS/c1-12(2)10-16-14(15-8-6-7-9-20-5)17-11-13(19)18(3)4/h1,6-11H2,2-5H3,(H2,15,16,17). The van der Waals surface area contributed by atoms with Gasteiger partial charge >= 0.3 is 0 Å². The maximum Gasteiger partial charge on any atom is 0.243 e. The van der Waals surface area contributed by atoms with Crippen LogP contribution < -0.4 is 10.6 Å². The second kappa shape index (κ2) is 11.6. The van der Waals surface area contributed by atoms with E-state index < -0.39 is 0 Å². The summed E-state index contributed by atoms with van der Waals surface area (Å²) in [5.74, 6) is 1.84. The molecule has 0 aliphatic heterocycles. The molecule has 0 fully saturated rings. The quantitative estimate of drug-likeness (QED) is 0.292. The van der Waals surface area contributed by atoms with Crippen molar-refractivity contribution >= 4 is 23.6 Å². The third-order valence-electron chi connectivity index (χ3n) is 2.50. The molecule has 0 saturated heterocycles. The van der Waals surface area contributed by atoms with Gasteiger partial charge in [-0.3, -0.25) is 4.79 Å². The highest BCUT2D eigenvalue weighted by molar-refractivity contribution is 7.98. The first-order chi connectivity index (χ1) is 9.47. The van der Waals surface area contributed by atoms with E-state index >= 15 is 0 Å². The highest BCUT2D eigenvalue weighted by atomic mass is 32.2. The number of hydrogen-bond acceptors (Lipinski definition) is 3. The molecule has 0 spiro atoms. The van der Waals surface area contributed by atoms with Crippen LogP contribution in [0.4, 0.5) is 0 Å². The summed E-state index contributed by atoms with van der Waals surface area (Å²) in [6, 6.07) is 0. The van der Waals surface area contributed by atoms with E-state index in [0.717, 1.165) is 18.5 Å². The molecule has 0 unspecified atom stereocenters. The molecule has 0 bridgehead atoms. The summed E-state index contributed by atoms with van der Waals surface area (Å²) >= 11 is 1.86. The zero-order chi connectivity index (χ0) is 15.4. The number of unbranched alkanes of at least 4 members (excludes halogenated alkanes) is 1. The minimum Gasteiger partial charge on any atom is -0.356 e. The molecule has 0 aliphatic carbocycles. The monoisotopic (exact) mass is 300 g/mol. The Bertz CT molecular complexity index is 329. The summed E-state index contributed by atoms with van der Waals surface area (Å²) in [5, 5.41) is 6.41. The van der Waals surface area contributed by atoms with Gasteiger partial charge in [-0.1, -0.05) is 12.2 Å². The summed E-state index contributed by atoms with van der Waals surface area (Å²) < 4.78 is 0. The van der Waals surface area contributed by atoms with Crippen LogP contribution in [0.5, 0.6) is 0 Å². The van der Waals surface area contributed by atoms with Gasteiger partial charge in [-0.2, -0.15) is 11.8 Å². The Morgan fingerprint density at radius 3 is 2.55 bits per heavy atom. The average molecular weight is 300 g/mol. The van der Waals surface area contributed by atoms with Crippen LogP contribution in [0.3, 0.4) is 0 Å². The van der Waals surface area contributed by atoms with Gasteiger partial charge in [0.05, 0.1) is 0 Å². The number of nitrogens with zero attached hydrogens (tertiary/aromatic N) is 2. The van der Waals surface area contributed by atoms with Gasteiger partial charge in [0, 0.05) is 27.2 Å². The van der Waals surface area contributed by atoms with Crippen LogP contribution in [0.1, 0.15) is 19.8 Å². The molecule has 0 aromatic heterocycles. The molecule has 0 rings (SSSR count). The van der Waals surface area contributed by atoms with E-state index in [2.05, 4.69) is 28.5 Å². The van der Waals surface area contributed by atoms with Gasteiger partial charge in [-0.15, -0.1) is 0 Å². The molecule has 20 heavy (non-hydrogen) atoms. The zero-order valence-corrected chi connectivity index (χ0v) is 14.0. The van der Waals surface area contributed by atoms with Crippen molar-refractivity contribution in [1.82, 2.24) is 15.5 Å². The molecule has 0 aromatic rings. The van der Waals surface area contributed by atoms with Crippen molar-refractivity contribution in [2.45, 2.75) is 19.8 Å². The predicted molar refractivity (Wildman–Crippen MR) is 89.4 cm³/mol. The lowest BCUT2D eigenvalue weighted by Gasteiger charge is -2.13. The molecule has 116 valence electrons. The van der Waals surface area contributed by atoms with Gasteiger partial charge in [0.2, 0.25) is 5.91 Å². The second-order valence-electron chi connectivity index (χ2n) is 4.89. The molecule has 5 nitrogen and oxygen atoms in total. The predicted octanol–water partition coefficient (Wildman–Crippen LogP) is 1.33. The highest BCUT2D eigenvalue weighted by Gasteiger charge is 2.04. The number of thioether (sulfide) groups is 1. The van der Waals surface area contributed by atoms with Crippen LogP contribution >= 0.6 is 11.8 Å². The van der Waals surface area contributed by atoms with Crippen molar-refractivity contribution < 1.29 is 4.79 Å². The van der Waals surface area contributed by atoms with Gasteiger partial charge in [-0.05, 0) is 31.8 Å². The molecule has 2 N–H and O–H groups in total. The molecule has 0 atom stereocenters. The third-order valence-corrected chi connectivity index (χ3v) is 3.19. The van der Waals surface area contributed by atoms with Crippen molar-refractivity contribution in [3.8, 4) is 0 Å². The van der Waals surface area contributed by atoms with Gasteiger partial charge in [-0.25, -0.2) is 4.99 Å². The van der Waals surface area contributed by atoms with Crippen LogP contribution in [0.15, 0.2) is 17.1 Å². The lowest BCUT2D eigenvalue weighted by Crippen LogP contribution is -2.39. The average Bonchev–Trinajstić information content (AvgIpc) is 2.39. The van der Waals surface area contributed by atoms with Gasteiger partial charge in [0.25, 0.3) is 0 Å². The first-order valence-electron chi connectivity index (χ1n) is 6.83. The van der Waals surface area contributed by atoms with Crippen LogP contribution in [0.25, 0.3) is 0 Å². The first kappa shape index (κ1) is 18.8. The normalized spacial score (nSPS) is 11.1. The number of aliphatic imine (C=N–C) groups is 1. The van der Waals surface area contributed by atoms with Crippen molar-refractivity contribution in [2.24, 2.45) is 4.99 Å². The second-order valence-corrected chi connectivity index (χ2v) is 5.88. The summed E-state index contributed by atoms with van der Waals surface area (Å²) in [4.78, 5) is 17.4. The van der Waals surface area contributed by atoms with Crippen molar-refractivity contribution in [3.63, 3.8) is 0 Å². The summed E-state index contributed by atoms with van der Waals surface area (Å²) in [5.41, 5.74) is 1.03. The van der Waals surface area contributed by atoms with E-state index in [-0.39, 0.29) is 12.5 Å². The lowest BCUT2D eigenvalue weighted by atomic mass is 10.3. The number of amides is 1. The molecule has 1 amide bonds. The number of likely N-dealkylation sites (N-methyl/N-ethyl adjacent to an activating group) is 1. The molecule has 0 aliphatic rings.